The second-order valence-electron chi connectivity index (χ2n) is 20.3. The van der Waals surface area contributed by atoms with Gasteiger partial charge in [-0.3, -0.25) is 39.8 Å². The number of anilines is 4. The number of halogens is 1. The number of hydrogen-bond donors (Lipinski definition) is 2. The highest BCUT2D eigenvalue weighted by atomic mass is 79.9. The SMILES string of the molecule is CB(O)O.CN1CCN(C2CCN(c3cc(N(C)C(=O)OC(C)(C)C)c([N+](=O)[O-])cc3Br)CC2)CC1.Cc1cc([N+](=O)[O-])c(N(C)C(=O)OC(C)(C)C)cc1N1CCC(N2CCN(C)CC2)CC1. The lowest BCUT2D eigenvalue weighted by atomic mass is 9.99. The van der Waals surface area contributed by atoms with Crippen LogP contribution in [0.2, 0.25) is 6.82 Å². The summed E-state index contributed by atoms with van der Waals surface area (Å²) >= 11 is 3.52. The summed E-state index contributed by atoms with van der Waals surface area (Å²) in [5.41, 5.74) is 1.53. The molecule has 6 rings (SSSR count). The zero-order chi connectivity index (χ0) is 50.8. The van der Waals surface area contributed by atoms with E-state index in [0.29, 0.717) is 16.6 Å². The van der Waals surface area contributed by atoms with Crippen LogP contribution in [0.15, 0.2) is 28.7 Å². The predicted octanol–water partition coefficient (Wildman–Crippen LogP) is 6.52. The largest absolute Gasteiger partial charge is 0.448 e. The fourth-order valence-electron chi connectivity index (χ4n) is 8.80. The Morgan fingerprint density at radius 2 is 0.971 bits per heavy atom. The molecule has 4 heterocycles. The van der Waals surface area contributed by atoms with E-state index < -0.39 is 40.4 Å². The number of amides is 2. The number of carbonyl (C=O) groups is 2. The van der Waals surface area contributed by atoms with Gasteiger partial charge in [-0.25, -0.2) is 9.59 Å². The van der Waals surface area contributed by atoms with Crippen molar-refractivity contribution in [2.45, 2.75) is 104 Å². The molecule has 0 aromatic heterocycles. The van der Waals surface area contributed by atoms with Gasteiger partial charge in [0.2, 0.25) is 0 Å². The molecule has 4 aliphatic heterocycles. The van der Waals surface area contributed by atoms with Crippen LogP contribution in [0.25, 0.3) is 0 Å². The smallest absolute Gasteiger partial charge is 0.443 e. The number of nitrogens with zero attached hydrogens (tertiary/aromatic N) is 10. The van der Waals surface area contributed by atoms with Crippen LogP contribution in [0, 0.1) is 27.2 Å². The normalized spacial score (nSPS) is 18.4. The van der Waals surface area contributed by atoms with Crippen LogP contribution in [0.4, 0.5) is 43.7 Å². The van der Waals surface area contributed by atoms with Crippen LogP contribution in [-0.2, 0) is 9.47 Å². The summed E-state index contributed by atoms with van der Waals surface area (Å²) in [6.45, 7) is 26.2. The van der Waals surface area contributed by atoms with Gasteiger partial charge in [0.05, 0.1) is 15.5 Å². The van der Waals surface area contributed by atoms with Crippen molar-refractivity contribution in [1.82, 2.24) is 19.6 Å². The first-order valence-corrected chi connectivity index (χ1v) is 24.4. The Kier molecular flexibility index (Phi) is 20.3. The maximum Gasteiger partial charge on any atom is 0.448 e. The molecule has 380 valence electrons. The molecule has 0 saturated carbocycles. The summed E-state index contributed by atoms with van der Waals surface area (Å²) in [6, 6.07) is 7.70. The molecule has 0 aliphatic carbocycles. The summed E-state index contributed by atoms with van der Waals surface area (Å²) < 4.78 is 11.5. The minimum atomic E-state index is -1.17. The van der Waals surface area contributed by atoms with E-state index in [1.807, 2.05) is 6.92 Å². The van der Waals surface area contributed by atoms with E-state index in [2.05, 4.69) is 59.4 Å². The van der Waals surface area contributed by atoms with E-state index in [1.165, 1.54) is 36.8 Å². The zero-order valence-corrected chi connectivity index (χ0v) is 44.0. The lowest BCUT2D eigenvalue weighted by molar-refractivity contribution is -0.384. The van der Waals surface area contributed by atoms with Crippen molar-refractivity contribution < 1.29 is 39.0 Å². The second kappa shape index (κ2) is 24.5. The van der Waals surface area contributed by atoms with Crippen molar-refractivity contribution in [2.75, 3.05) is 126 Å². The van der Waals surface area contributed by atoms with Gasteiger partial charge in [0.25, 0.3) is 11.4 Å². The zero-order valence-electron chi connectivity index (χ0n) is 42.4. The monoisotopic (exact) mass is 1020 g/mol. The first-order chi connectivity index (χ1) is 31.6. The van der Waals surface area contributed by atoms with Crippen LogP contribution < -0.4 is 19.6 Å². The molecule has 20 nitrogen and oxygen atoms in total. The molecular weight excluding hydrogens is 943 g/mol. The first kappa shape index (κ1) is 56.3. The van der Waals surface area contributed by atoms with Gasteiger partial charge in [0.1, 0.15) is 22.6 Å². The maximum atomic E-state index is 12.6. The van der Waals surface area contributed by atoms with E-state index in [0.717, 1.165) is 121 Å². The Morgan fingerprint density at radius 3 is 1.31 bits per heavy atom. The van der Waals surface area contributed by atoms with E-state index in [9.17, 15) is 29.8 Å². The van der Waals surface area contributed by atoms with Crippen molar-refractivity contribution in [2.24, 2.45) is 0 Å². The second-order valence-corrected chi connectivity index (χ2v) is 21.1. The average Bonchev–Trinajstić information content (AvgIpc) is 3.25. The van der Waals surface area contributed by atoms with Crippen LogP contribution in [-0.4, -0.2) is 189 Å². The quantitative estimate of drug-likeness (QED) is 0.164. The number of ether oxygens (including phenoxy) is 2. The standard InChI is InChI=1S/C23H37N5O4.C22H34BrN5O4.CH5BO2/c1-17-15-21(28(30)31)20(25(6)22(29)32-23(2,3)4)16-19(17)27-9-7-18(8-10-27)26-13-11-24(5)12-14-26;1-22(2,3)32-21(29)25(5)19-15-18(17(23)14-20(19)28(30)31)27-8-6-16(7-9-27)26-12-10-24(4)11-13-26;1-2(3)4/h15-16,18H,7-14H2,1-6H3;14-16H,6-13H2,1-5H3;3-4H,1H3. The number of rotatable bonds is 8. The Bertz CT molecular complexity index is 1880. The number of likely N-dealkylation sites (N-methyl/N-ethyl adjacent to an activating group) is 2. The number of carbonyl (C=O) groups excluding carboxylic acids is 2. The Hall–Kier alpha value is -4.32. The molecule has 4 fully saturated rings. The molecule has 22 heteroatoms. The highest BCUT2D eigenvalue weighted by Crippen LogP contribution is 2.40. The Balaban J connectivity index is 0.000000275. The third-order valence-corrected chi connectivity index (χ3v) is 13.1. The van der Waals surface area contributed by atoms with Crippen LogP contribution in [0.5, 0.6) is 0 Å². The van der Waals surface area contributed by atoms with Gasteiger partial charge < -0.3 is 39.1 Å². The average molecular weight is 1020 g/mol. The molecule has 0 spiro atoms. The fourth-order valence-corrected chi connectivity index (χ4v) is 9.38. The molecule has 68 heavy (non-hydrogen) atoms. The topological polar surface area (TPSA) is 205 Å². The molecule has 0 bridgehead atoms. The molecule has 0 unspecified atom stereocenters. The number of benzene rings is 2. The van der Waals surface area contributed by atoms with Crippen molar-refractivity contribution in [1.29, 1.82) is 0 Å². The maximum absolute atomic E-state index is 12.6. The lowest BCUT2D eigenvalue weighted by Gasteiger charge is -2.43. The number of aryl methyl sites for hydroxylation is 1. The molecule has 4 saturated heterocycles. The molecule has 2 aromatic rings. The van der Waals surface area contributed by atoms with Gasteiger partial charge in [-0.1, -0.05) is 0 Å². The summed E-state index contributed by atoms with van der Waals surface area (Å²) in [4.78, 5) is 64.6. The first-order valence-electron chi connectivity index (χ1n) is 23.6. The summed E-state index contributed by atoms with van der Waals surface area (Å²) in [6.07, 6.45) is 3.00. The van der Waals surface area contributed by atoms with Gasteiger partial charge in [-0.05, 0) is 129 Å². The summed E-state index contributed by atoms with van der Waals surface area (Å²) in [7, 11) is 6.20. The molecule has 2 aromatic carbocycles. The summed E-state index contributed by atoms with van der Waals surface area (Å²) in [5, 5.41) is 38.6. The van der Waals surface area contributed by atoms with Crippen LogP contribution in [0.1, 0.15) is 72.8 Å². The van der Waals surface area contributed by atoms with Crippen LogP contribution >= 0.6 is 15.9 Å². The molecule has 2 N–H and O–H groups in total. The van der Waals surface area contributed by atoms with Crippen molar-refractivity contribution >= 4 is 69.4 Å². The van der Waals surface area contributed by atoms with Crippen molar-refractivity contribution in [3.63, 3.8) is 0 Å². The lowest BCUT2D eigenvalue weighted by Crippen LogP contribution is -2.52. The third-order valence-electron chi connectivity index (χ3n) is 12.5. The van der Waals surface area contributed by atoms with E-state index in [4.69, 9.17) is 19.5 Å². The molecule has 0 radical (unpaired) electrons. The van der Waals surface area contributed by atoms with Gasteiger partial charge in [-0.15, -0.1) is 0 Å². The van der Waals surface area contributed by atoms with Gasteiger partial charge in [-0.2, -0.15) is 0 Å². The minimum Gasteiger partial charge on any atom is -0.443 e. The fraction of sp³-hybridized carbons (Fsp3) is 0.696. The molecular formula is C46H76BBrN10O10. The molecule has 4 aliphatic rings. The summed E-state index contributed by atoms with van der Waals surface area (Å²) in [5.74, 6) is 0. The van der Waals surface area contributed by atoms with Gasteiger partial charge in [0, 0.05) is 127 Å². The minimum absolute atomic E-state index is 0.0908. The third kappa shape index (κ3) is 16.4. The van der Waals surface area contributed by atoms with E-state index >= 15 is 0 Å². The molecule has 2 amide bonds. The van der Waals surface area contributed by atoms with Crippen molar-refractivity contribution in [3.05, 3.63) is 54.5 Å². The highest BCUT2D eigenvalue weighted by Gasteiger charge is 2.33. The number of nitro benzene ring substituents is 2. The Morgan fingerprint density at radius 1 is 0.647 bits per heavy atom. The van der Waals surface area contributed by atoms with Gasteiger partial charge in [0.15, 0.2) is 0 Å². The van der Waals surface area contributed by atoms with Crippen LogP contribution in [0.3, 0.4) is 0 Å². The number of piperidine rings is 2. The number of nitro groups is 2. The Labute approximate surface area is 411 Å². The number of piperazine rings is 2. The van der Waals surface area contributed by atoms with E-state index in [1.54, 1.807) is 59.7 Å². The van der Waals surface area contributed by atoms with Gasteiger partial charge >= 0.3 is 19.3 Å². The van der Waals surface area contributed by atoms with Crippen molar-refractivity contribution in [3.8, 4) is 0 Å². The predicted molar refractivity (Wildman–Crippen MR) is 273 cm³/mol. The number of hydrogen-bond acceptors (Lipinski definition) is 16. The highest BCUT2D eigenvalue weighted by molar-refractivity contribution is 9.10. The van der Waals surface area contributed by atoms with E-state index in [-0.39, 0.29) is 22.7 Å². The molecule has 0 atom stereocenters.